The van der Waals surface area contributed by atoms with Gasteiger partial charge in [0.2, 0.25) is 5.91 Å². The predicted molar refractivity (Wildman–Crippen MR) is 311 cm³/mol. The summed E-state index contributed by atoms with van der Waals surface area (Å²) in [5.74, 6) is -0.251. The van der Waals surface area contributed by atoms with Gasteiger partial charge in [-0.2, -0.15) is 0 Å². The number of hydrogen-bond donors (Lipinski definition) is 2. The molecule has 0 rings (SSSR count). The Bertz CT molecular complexity index is 1100. The second-order valence-corrected chi connectivity index (χ2v) is 21.4. The molecule has 0 aliphatic heterocycles. The third kappa shape index (κ3) is 59.4. The molecule has 74 heavy (non-hydrogen) atoms. The third-order valence-corrected chi connectivity index (χ3v) is 14.1. The van der Waals surface area contributed by atoms with E-state index in [-0.39, 0.29) is 17.8 Å². The number of likely N-dealkylation sites (N-methyl/N-ethyl adjacent to an activating group) is 1. The molecule has 0 aromatic heterocycles. The minimum Gasteiger partial charge on any atom is -0.466 e. The Kier molecular flexibility index (Phi) is 60.5. The zero-order valence-electron chi connectivity index (χ0n) is 49.6. The van der Waals surface area contributed by atoms with E-state index >= 15 is 0 Å². The number of carbonyl (C=O) groups excluding carboxylic acids is 3. The third-order valence-electron chi connectivity index (χ3n) is 14.1. The quantitative estimate of drug-likeness (QED) is 0.0446. The first kappa shape index (κ1) is 72.2. The summed E-state index contributed by atoms with van der Waals surface area (Å²) in [6, 6.07) is 0. The molecule has 0 aliphatic carbocycles. The van der Waals surface area contributed by atoms with Crippen LogP contribution in [0.2, 0.25) is 0 Å². The first-order valence-corrected chi connectivity index (χ1v) is 31.9. The van der Waals surface area contributed by atoms with Crippen molar-refractivity contribution in [3.63, 3.8) is 0 Å². The molecule has 0 radical (unpaired) electrons. The summed E-state index contributed by atoms with van der Waals surface area (Å²) < 4.78 is 28.7. The summed E-state index contributed by atoms with van der Waals surface area (Å²) in [5, 5.41) is 6.50. The van der Waals surface area contributed by atoms with Crippen LogP contribution in [-0.4, -0.2) is 140 Å². The van der Waals surface area contributed by atoms with E-state index in [0.29, 0.717) is 52.1 Å². The van der Waals surface area contributed by atoms with Gasteiger partial charge in [0.1, 0.15) is 0 Å². The fraction of sp³-hybridized carbons (Fsp3) is 0.952. The van der Waals surface area contributed by atoms with Gasteiger partial charge >= 0.3 is 11.9 Å². The molecule has 0 heterocycles. The maximum atomic E-state index is 12.8. The van der Waals surface area contributed by atoms with Crippen molar-refractivity contribution in [2.45, 2.75) is 271 Å². The number of unbranched alkanes of at least 4 members (excludes halogenated alkanes) is 30. The van der Waals surface area contributed by atoms with Crippen LogP contribution in [0.25, 0.3) is 0 Å². The standard InChI is InChI=1S/C62H124N4O8/c1-5-8-11-14-17-24-33-52-70-55-36-27-20-23-32-44-64-60(67)41-45-63-46-49-65(4)50-51-66(47-42-61(68)73-58-39-30-21-28-37-56-71-53-34-25-18-15-12-9-6-2)48-43-62(69)74-59-40-31-22-29-38-57-72-54-35-26-19-16-13-10-7-3/h63H,5-59H2,1-4H3,(H,64,67). The normalized spacial score (nSPS) is 11.6. The lowest BCUT2D eigenvalue weighted by molar-refractivity contribution is -0.144. The molecule has 0 aromatic rings. The minimum atomic E-state index is -0.178. The highest BCUT2D eigenvalue weighted by atomic mass is 16.5. The van der Waals surface area contributed by atoms with Gasteiger partial charge in [-0.25, -0.2) is 0 Å². The smallest absolute Gasteiger partial charge is 0.307 e. The highest BCUT2D eigenvalue weighted by Gasteiger charge is 2.14. The molecule has 1 amide bonds. The van der Waals surface area contributed by atoms with Crippen molar-refractivity contribution in [3.8, 4) is 0 Å². The minimum absolute atomic E-state index is 0.105. The van der Waals surface area contributed by atoms with Crippen molar-refractivity contribution < 1.29 is 38.1 Å². The second-order valence-electron chi connectivity index (χ2n) is 21.4. The number of nitrogens with zero attached hydrogens (tertiary/aromatic N) is 2. The Morgan fingerprint density at radius 2 is 0.649 bits per heavy atom. The Balaban J connectivity index is 4.32. The summed E-state index contributed by atoms with van der Waals surface area (Å²) in [4.78, 5) is 42.4. The highest BCUT2D eigenvalue weighted by Crippen LogP contribution is 2.12. The zero-order chi connectivity index (χ0) is 53.7. The van der Waals surface area contributed by atoms with Gasteiger partial charge in [-0.05, 0) is 64.8 Å². The molecule has 0 fully saturated rings. The van der Waals surface area contributed by atoms with Gasteiger partial charge in [0.15, 0.2) is 0 Å². The number of ether oxygens (including phenoxy) is 5. The van der Waals surface area contributed by atoms with E-state index in [9.17, 15) is 14.4 Å². The van der Waals surface area contributed by atoms with Crippen LogP contribution in [-0.2, 0) is 38.1 Å². The van der Waals surface area contributed by atoms with E-state index in [2.05, 4.69) is 48.3 Å². The van der Waals surface area contributed by atoms with Crippen LogP contribution < -0.4 is 10.6 Å². The first-order valence-electron chi connectivity index (χ1n) is 31.9. The SMILES string of the molecule is CCCCCCCCCOCCCCCCCNC(=O)CCNCCN(C)CCN(CCC(=O)OCCCCCCCOCCCCCCCCC)CCC(=O)OCCCCCCCOCCCCCCCCC. The summed E-state index contributed by atoms with van der Waals surface area (Å²) in [6.07, 6.45) is 45.0. The van der Waals surface area contributed by atoms with E-state index in [1.165, 1.54) is 148 Å². The van der Waals surface area contributed by atoms with Crippen LogP contribution in [0.5, 0.6) is 0 Å². The molecule has 0 spiro atoms. The van der Waals surface area contributed by atoms with Crippen molar-refractivity contribution in [1.82, 2.24) is 20.4 Å². The van der Waals surface area contributed by atoms with Gasteiger partial charge in [0, 0.05) is 98.4 Å². The fourth-order valence-electron chi connectivity index (χ4n) is 9.01. The molecule has 0 aliphatic rings. The van der Waals surface area contributed by atoms with Gasteiger partial charge in [-0.3, -0.25) is 14.4 Å². The van der Waals surface area contributed by atoms with Crippen LogP contribution >= 0.6 is 0 Å². The van der Waals surface area contributed by atoms with Gasteiger partial charge in [-0.1, -0.05) is 194 Å². The Morgan fingerprint density at radius 1 is 0.324 bits per heavy atom. The number of nitrogens with one attached hydrogen (secondary N) is 2. The van der Waals surface area contributed by atoms with Crippen molar-refractivity contribution in [1.29, 1.82) is 0 Å². The summed E-state index contributed by atoms with van der Waals surface area (Å²) in [7, 11) is 2.09. The molecule has 0 bridgehead atoms. The summed E-state index contributed by atoms with van der Waals surface area (Å²) >= 11 is 0. The molecule has 2 N–H and O–H groups in total. The molecule has 0 aromatic carbocycles. The van der Waals surface area contributed by atoms with Crippen molar-refractivity contribution in [3.05, 3.63) is 0 Å². The van der Waals surface area contributed by atoms with E-state index in [1.54, 1.807) is 0 Å². The van der Waals surface area contributed by atoms with Gasteiger partial charge in [0.25, 0.3) is 0 Å². The number of esters is 2. The number of hydrogen-bond acceptors (Lipinski definition) is 11. The van der Waals surface area contributed by atoms with Crippen LogP contribution in [0.15, 0.2) is 0 Å². The molecule has 12 nitrogen and oxygen atoms in total. The number of amides is 1. The first-order chi connectivity index (χ1) is 36.4. The fourth-order valence-corrected chi connectivity index (χ4v) is 9.01. The molecule has 0 saturated carbocycles. The van der Waals surface area contributed by atoms with Gasteiger partial charge < -0.3 is 44.1 Å². The van der Waals surface area contributed by atoms with Gasteiger partial charge in [0.05, 0.1) is 26.1 Å². The largest absolute Gasteiger partial charge is 0.466 e. The topological polar surface area (TPSA) is 128 Å². The van der Waals surface area contributed by atoms with Crippen LogP contribution in [0.4, 0.5) is 0 Å². The van der Waals surface area contributed by atoms with Crippen LogP contribution in [0.1, 0.15) is 271 Å². The average molecular weight is 1050 g/mol. The molecule has 0 saturated heterocycles. The maximum Gasteiger partial charge on any atom is 0.307 e. The van der Waals surface area contributed by atoms with E-state index in [0.717, 1.165) is 156 Å². The van der Waals surface area contributed by atoms with Crippen LogP contribution in [0, 0.1) is 0 Å². The molecule has 12 heteroatoms. The van der Waals surface area contributed by atoms with E-state index in [4.69, 9.17) is 23.7 Å². The molecular weight excluding hydrogens is 929 g/mol. The maximum absolute atomic E-state index is 12.8. The van der Waals surface area contributed by atoms with Crippen molar-refractivity contribution in [2.24, 2.45) is 0 Å². The van der Waals surface area contributed by atoms with Crippen LogP contribution in [0.3, 0.4) is 0 Å². The Labute approximate surface area is 458 Å². The lowest BCUT2D eigenvalue weighted by atomic mass is 10.1. The van der Waals surface area contributed by atoms with Crippen molar-refractivity contribution >= 4 is 17.8 Å². The molecule has 0 atom stereocenters. The average Bonchev–Trinajstić information content (AvgIpc) is 3.40. The lowest BCUT2D eigenvalue weighted by Gasteiger charge is -2.25. The van der Waals surface area contributed by atoms with E-state index < -0.39 is 0 Å². The Hall–Kier alpha value is -1.83. The molecule has 440 valence electrons. The lowest BCUT2D eigenvalue weighted by Crippen LogP contribution is -2.38. The summed E-state index contributed by atoms with van der Waals surface area (Å²) in [6.45, 7) is 18.6. The van der Waals surface area contributed by atoms with Gasteiger partial charge in [-0.15, -0.1) is 0 Å². The second kappa shape index (κ2) is 62.0. The monoisotopic (exact) mass is 1050 g/mol. The Morgan fingerprint density at radius 3 is 1.01 bits per heavy atom. The number of carbonyl (C=O) groups is 3. The molecular formula is C62H124N4O8. The summed E-state index contributed by atoms with van der Waals surface area (Å²) in [5.41, 5.74) is 0. The number of rotatable bonds is 63. The predicted octanol–water partition coefficient (Wildman–Crippen LogP) is 14.3. The zero-order valence-corrected chi connectivity index (χ0v) is 49.6. The highest BCUT2D eigenvalue weighted by molar-refractivity contribution is 5.76. The van der Waals surface area contributed by atoms with E-state index in [1.807, 2.05) is 0 Å². The van der Waals surface area contributed by atoms with Crippen molar-refractivity contribution in [2.75, 3.05) is 112 Å². The molecule has 0 unspecified atom stereocenters.